The van der Waals surface area contributed by atoms with E-state index in [1.807, 2.05) is 6.92 Å². The van der Waals surface area contributed by atoms with Gasteiger partial charge in [-0.2, -0.15) is 12.8 Å². The molecule has 1 aromatic rings. The van der Waals surface area contributed by atoms with Gasteiger partial charge in [0.2, 0.25) is 5.82 Å². The Hall–Kier alpha value is -1.58. The summed E-state index contributed by atoms with van der Waals surface area (Å²) in [4.78, 5) is 1.72. The number of hydrogen-bond donors (Lipinski definition) is 2. The molecule has 1 rings (SSSR count). The third-order valence-corrected chi connectivity index (χ3v) is 4.07. The molecular weight excluding hydrogens is 329 g/mol. The molecule has 9 heteroatoms. The second-order valence-corrected chi connectivity index (χ2v) is 6.50. The molecule has 0 amide bonds. The zero-order chi connectivity index (χ0) is 17.6. The third kappa shape index (κ3) is 5.85. The lowest BCUT2D eigenvalue weighted by molar-refractivity contribution is 0.176. The molecule has 0 radical (unpaired) electrons. The van der Waals surface area contributed by atoms with Gasteiger partial charge in [0.1, 0.15) is 0 Å². The van der Waals surface area contributed by atoms with Crippen LogP contribution in [0, 0.1) is 5.82 Å². The van der Waals surface area contributed by atoms with Gasteiger partial charge in [0.25, 0.3) is 10.1 Å². The minimum Gasteiger partial charge on any atom is -0.493 e. The first-order valence-electron chi connectivity index (χ1n) is 7.01. The van der Waals surface area contributed by atoms with Crippen molar-refractivity contribution < 1.29 is 31.9 Å². The molecule has 0 aromatic heterocycles. The number of hydrogen-bond acceptors (Lipinski definition) is 6. The highest BCUT2D eigenvalue weighted by atomic mass is 32.2. The number of aliphatic hydroxyl groups excluding tert-OH is 1. The number of halogens is 1. The highest BCUT2D eigenvalue weighted by Gasteiger charge is 2.18. The van der Waals surface area contributed by atoms with Crippen molar-refractivity contribution in [1.82, 2.24) is 0 Å². The quantitative estimate of drug-likeness (QED) is 0.648. The number of methoxy groups -OCH3 is 2. The van der Waals surface area contributed by atoms with Crippen molar-refractivity contribution in [2.75, 3.05) is 38.0 Å². The van der Waals surface area contributed by atoms with Crippen LogP contribution in [0.3, 0.4) is 0 Å². The topological polar surface area (TPSA) is 96.3 Å². The normalized spacial score (nSPS) is 12.8. The van der Waals surface area contributed by atoms with Crippen LogP contribution in [0.2, 0.25) is 0 Å². The van der Waals surface area contributed by atoms with Gasteiger partial charge in [0.05, 0.1) is 26.1 Å². The first kappa shape index (κ1) is 19.5. The van der Waals surface area contributed by atoms with E-state index >= 15 is 0 Å². The largest absolute Gasteiger partial charge is 0.493 e. The molecule has 1 aromatic carbocycles. The number of likely N-dealkylation sites (N-methyl/N-ethyl adjacent to an activating group) is 1. The van der Waals surface area contributed by atoms with E-state index in [4.69, 9.17) is 14.0 Å². The summed E-state index contributed by atoms with van der Waals surface area (Å²) in [6.07, 6.45) is -1.08. The summed E-state index contributed by atoms with van der Waals surface area (Å²) >= 11 is 0. The van der Waals surface area contributed by atoms with Gasteiger partial charge in [-0.25, -0.2) is 0 Å². The number of anilines is 1. The maximum Gasteiger partial charge on any atom is 0.264 e. The Balaban J connectivity index is 2.93. The van der Waals surface area contributed by atoms with E-state index in [9.17, 15) is 17.9 Å². The number of aliphatic hydroxyl groups is 1. The van der Waals surface area contributed by atoms with Crippen molar-refractivity contribution in [1.29, 1.82) is 0 Å². The van der Waals surface area contributed by atoms with Gasteiger partial charge >= 0.3 is 0 Å². The van der Waals surface area contributed by atoms with Crippen LogP contribution >= 0.6 is 0 Å². The fourth-order valence-corrected chi connectivity index (χ4v) is 2.66. The maximum atomic E-state index is 13.9. The summed E-state index contributed by atoms with van der Waals surface area (Å²) in [7, 11) is -1.46. The lowest BCUT2D eigenvalue weighted by Gasteiger charge is -2.26. The summed E-state index contributed by atoms with van der Waals surface area (Å²) in [6, 6.07) is 2.94. The van der Waals surface area contributed by atoms with Crippen LogP contribution in [0.5, 0.6) is 11.5 Å². The summed E-state index contributed by atoms with van der Waals surface area (Å²) in [6.45, 7) is 2.43. The monoisotopic (exact) mass is 351 g/mol. The molecule has 1 atom stereocenters. The van der Waals surface area contributed by atoms with Crippen molar-refractivity contribution in [3.63, 3.8) is 0 Å². The van der Waals surface area contributed by atoms with E-state index in [2.05, 4.69) is 0 Å². The van der Waals surface area contributed by atoms with Gasteiger partial charge < -0.3 is 19.5 Å². The zero-order valence-electron chi connectivity index (χ0n) is 13.3. The molecule has 0 aliphatic carbocycles. The molecule has 7 nitrogen and oxygen atoms in total. The van der Waals surface area contributed by atoms with E-state index in [-0.39, 0.29) is 24.5 Å². The second-order valence-electron chi connectivity index (χ2n) is 4.93. The maximum absolute atomic E-state index is 13.9. The smallest absolute Gasteiger partial charge is 0.264 e. The predicted molar refractivity (Wildman–Crippen MR) is 84.4 cm³/mol. The van der Waals surface area contributed by atoms with E-state index in [1.54, 1.807) is 4.90 Å². The minimum atomic E-state index is -4.12. The zero-order valence-corrected chi connectivity index (χ0v) is 14.1. The number of ether oxygens (including phenoxy) is 2. The third-order valence-electron chi connectivity index (χ3n) is 3.32. The van der Waals surface area contributed by atoms with Crippen LogP contribution < -0.4 is 14.4 Å². The highest BCUT2D eigenvalue weighted by molar-refractivity contribution is 7.85. The van der Waals surface area contributed by atoms with E-state index in [1.165, 1.54) is 26.4 Å². The molecule has 0 bridgehead atoms. The molecule has 0 saturated heterocycles. The minimum absolute atomic E-state index is 0.00484. The molecule has 2 N–H and O–H groups in total. The van der Waals surface area contributed by atoms with Crippen molar-refractivity contribution in [2.45, 2.75) is 19.4 Å². The first-order chi connectivity index (χ1) is 10.7. The van der Waals surface area contributed by atoms with Crippen molar-refractivity contribution in [3.05, 3.63) is 17.9 Å². The number of nitrogens with zero attached hydrogens (tertiary/aromatic N) is 1. The number of benzene rings is 1. The Morgan fingerprint density at radius 3 is 2.17 bits per heavy atom. The van der Waals surface area contributed by atoms with E-state index in [0.717, 1.165) is 0 Å². The fraction of sp³-hybridized carbons (Fsp3) is 0.571. The average molecular weight is 351 g/mol. The Morgan fingerprint density at radius 2 is 1.78 bits per heavy atom. The van der Waals surface area contributed by atoms with Crippen molar-refractivity contribution in [2.24, 2.45) is 0 Å². The lowest BCUT2D eigenvalue weighted by Crippen LogP contribution is -2.33. The number of rotatable bonds is 9. The summed E-state index contributed by atoms with van der Waals surface area (Å²) < 4.78 is 54.0. The van der Waals surface area contributed by atoms with E-state index < -0.39 is 27.8 Å². The Labute approximate surface area is 135 Å². The van der Waals surface area contributed by atoms with Crippen molar-refractivity contribution in [3.8, 4) is 11.5 Å². The lowest BCUT2D eigenvalue weighted by atomic mass is 10.2. The van der Waals surface area contributed by atoms with Crippen LogP contribution in [-0.4, -0.2) is 57.2 Å². The second kappa shape index (κ2) is 8.32. The van der Waals surface area contributed by atoms with Gasteiger partial charge in [-0.1, -0.05) is 0 Å². The van der Waals surface area contributed by atoms with Gasteiger partial charge in [-0.05, 0) is 13.3 Å². The standard InChI is InChI=1S/C14H22FNO6S/c1-4-16(9-11(17)5-6-23(18,19)20)10-7-12(21-2)14(15)13(8-10)22-3/h7-8,11,17H,4-6,9H2,1-3H3,(H,18,19,20). The molecule has 1 unspecified atom stereocenters. The van der Waals surface area contributed by atoms with Gasteiger partial charge in [-0.3, -0.25) is 4.55 Å². The molecule has 23 heavy (non-hydrogen) atoms. The Kier molecular flexibility index (Phi) is 7.04. The molecule has 0 saturated carbocycles. The summed E-state index contributed by atoms with van der Waals surface area (Å²) in [5.41, 5.74) is 0.563. The molecular formula is C14H22FNO6S. The van der Waals surface area contributed by atoms with Crippen LogP contribution in [0.15, 0.2) is 12.1 Å². The molecule has 0 heterocycles. The van der Waals surface area contributed by atoms with Crippen LogP contribution in [0.25, 0.3) is 0 Å². The predicted octanol–water partition coefficient (Wildman–Crippen LogP) is 1.31. The Bertz CT molecular complexity index is 597. The molecule has 0 fully saturated rings. The van der Waals surface area contributed by atoms with Gasteiger partial charge in [0.15, 0.2) is 11.5 Å². The SMILES string of the molecule is CCN(CC(O)CCS(=O)(=O)O)c1cc(OC)c(F)c(OC)c1. The highest BCUT2D eigenvalue weighted by Crippen LogP contribution is 2.33. The van der Waals surface area contributed by atoms with E-state index in [0.29, 0.717) is 12.2 Å². The van der Waals surface area contributed by atoms with Gasteiger partial charge in [-0.15, -0.1) is 0 Å². The van der Waals surface area contributed by atoms with Crippen LogP contribution in [-0.2, 0) is 10.1 Å². The summed E-state index contributed by atoms with van der Waals surface area (Å²) in [5, 5.41) is 9.93. The molecule has 0 aliphatic heterocycles. The molecule has 0 aliphatic rings. The summed E-state index contributed by atoms with van der Waals surface area (Å²) in [5.74, 6) is -1.14. The fourth-order valence-electron chi connectivity index (χ4n) is 2.09. The first-order valence-corrected chi connectivity index (χ1v) is 8.62. The van der Waals surface area contributed by atoms with Crippen LogP contribution in [0.1, 0.15) is 13.3 Å². The van der Waals surface area contributed by atoms with Crippen molar-refractivity contribution >= 4 is 15.8 Å². The molecule has 132 valence electrons. The van der Waals surface area contributed by atoms with Crippen LogP contribution in [0.4, 0.5) is 10.1 Å². The average Bonchev–Trinajstić information content (AvgIpc) is 2.50. The molecule has 0 spiro atoms. The van der Waals surface area contributed by atoms with Gasteiger partial charge in [0, 0.05) is 30.9 Å². The Morgan fingerprint density at radius 1 is 1.26 bits per heavy atom.